The van der Waals surface area contributed by atoms with Crippen molar-refractivity contribution in [1.82, 2.24) is 0 Å². The van der Waals surface area contributed by atoms with E-state index in [1.807, 2.05) is 84.9 Å². The number of hydrogen-bond acceptors (Lipinski definition) is 0. The van der Waals surface area contributed by atoms with Crippen LogP contribution in [0.4, 0.5) is 22.0 Å². The van der Waals surface area contributed by atoms with Crippen LogP contribution in [-0.4, -0.2) is 0 Å². The highest BCUT2D eigenvalue weighted by Gasteiger charge is 2.17. The summed E-state index contributed by atoms with van der Waals surface area (Å²) in [6.07, 6.45) is 16.9. The van der Waals surface area contributed by atoms with Gasteiger partial charge in [0.05, 0.1) is 0 Å². The van der Waals surface area contributed by atoms with E-state index in [0.29, 0.717) is 16.7 Å². The molecule has 0 saturated heterocycles. The second-order valence-electron chi connectivity index (χ2n) is 40.1. The van der Waals surface area contributed by atoms with E-state index < -0.39 is 0 Å². The summed E-state index contributed by atoms with van der Waals surface area (Å²) in [5.74, 6) is -0.683. The SMILES string of the molecule is CCCc1cc(CCC)cc(-c2ccc(-c3ccc(C)c(F)c3)cc2)c1.CCCc1cc(CCC)cc(-c2ccc(-c3ccc(C)cc3)cc2F)c1.CCCc1ccc(-c2ccc(-c3cc(C)cc(C)c3)cc2)cc1.CCCc1ccc(-c2ccc(-c3cc(C)cc(C)c3)cc2)cc1F.CCCc1ccc(-c2ccc(-c3cc(C)cc(C)c3)cc2)cc1F.CCCc1ccc(-c2ccc(-c3cc(C)cc(C)c3)cc2F)cc1. The number of benzene rings is 18. The standard InChI is InChI=1S/2C25H27F.3C23H23F.C23H24/c1-4-6-19-14-20(7-5-2)16-23(15-19)24-13-12-22(17-25(24)26)21-10-8-18(3)9-11-21;1-4-6-19-14-20(7-5-2)16-24(15-19)22-12-10-21(11-13-22)23-9-8-18(3)25(26)17-23;2*1-4-5-20-10-11-21(15-23(20)24)18-6-8-19(9-7-18)22-13-16(2)12-17(3)14-22;1-4-5-18-6-8-19(9-7-18)22-11-10-20(15-23(22)24)21-13-16(2)12-17(3)14-21;1-4-5-19-6-8-20(9-7-19)21-10-12-22(13-11-21)23-15-17(2)14-18(3)16-23/h2*8-17H,4-7H2,1-3H3;3*6-15H,4-5H2,1-3H3;6-16H,4-5H2,1-3H3. The van der Waals surface area contributed by atoms with E-state index in [9.17, 15) is 22.0 Å². The van der Waals surface area contributed by atoms with Crippen molar-refractivity contribution in [3.8, 4) is 134 Å². The van der Waals surface area contributed by atoms with Gasteiger partial charge in [0.2, 0.25) is 0 Å². The van der Waals surface area contributed by atoms with Gasteiger partial charge in [-0.2, -0.15) is 0 Å². The lowest BCUT2D eigenvalue weighted by molar-refractivity contribution is 0.607. The van der Waals surface area contributed by atoms with Gasteiger partial charge in [-0.25, -0.2) is 22.0 Å². The molecule has 18 aromatic rings. The van der Waals surface area contributed by atoms with E-state index in [1.54, 1.807) is 37.3 Å². The van der Waals surface area contributed by atoms with E-state index in [1.165, 1.54) is 146 Å². The lowest BCUT2D eigenvalue weighted by atomic mass is 9.94. The largest absolute Gasteiger partial charge is 0.207 e. The van der Waals surface area contributed by atoms with Crippen LogP contribution in [0.25, 0.3) is 134 Å². The first kappa shape index (κ1) is 110. The molecule has 5 heteroatoms. The summed E-state index contributed by atoms with van der Waals surface area (Å²) in [7, 11) is 0. The molecule has 0 fully saturated rings. The molecule has 0 spiro atoms. The van der Waals surface area contributed by atoms with Crippen molar-refractivity contribution in [2.24, 2.45) is 0 Å². The lowest BCUT2D eigenvalue weighted by Gasteiger charge is -2.11. The molecule has 0 nitrogen and oxygen atoms in total. The number of halogens is 5. The molecule has 0 radical (unpaired) electrons. The van der Waals surface area contributed by atoms with Gasteiger partial charge in [0, 0.05) is 11.1 Å². The first-order chi connectivity index (χ1) is 71.0. The number of aryl methyl sites for hydroxylation is 18. The third kappa shape index (κ3) is 31.6. The summed E-state index contributed by atoms with van der Waals surface area (Å²) in [4.78, 5) is 0. The smallest absolute Gasteiger partial charge is 0.131 e. The van der Waals surface area contributed by atoms with Gasteiger partial charge in [-0.05, 0) is 323 Å². The van der Waals surface area contributed by atoms with E-state index in [0.717, 1.165) is 174 Å². The maximum atomic E-state index is 14.9. The molecule has 0 bridgehead atoms. The molecule has 18 aromatic carbocycles. The maximum absolute atomic E-state index is 14.9. The monoisotopic (exact) mass is 1950 g/mol. The van der Waals surface area contributed by atoms with E-state index in [-0.39, 0.29) is 29.1 Å². The first-order valence-electron chi connectivity index (χ1n) is 53.3. The Labute approximate surface area is 876 Å². The molecule has 0 aliphatic carbocycles. The first-order valence-corrected chi connectivity index (χ1v) is 53.3. The van der Waals surface area contributed by atoms with Crippen LogP contribution in [0.3, 0.4) is 0 Å². The molecule has 0 saturated carbocycles. The van der Waals surface area contributed by atoms with Gasteiger partial charge >= 0.3 is 0 Å². The number of hydrogen-bond donors (Lipinski definition) is 0. The van der Waals surface area contributed by atoms with Crippen molar-refractivity contribution in [2.45, 2.75) is 227 Å². The minimum atomic E-state index is -0.171. The third-order valence-electron chi connectivity index (χ3n) is 26.9. The quantitative estimate of drug-likeness (QED) is 0.0429. The molecule has 750 valence electrons. The highest BCUT2D eigenvalue weighted by Crippen LogP contribution is 2.38. The molecule has 0 heterocycles. The Morgan fingerprint density at radius 1 is 0.129 bits per heavy atom. The van der Waals surface area contributed by atoms with Gasteiger partial charge in [0.1, 0.15) is 29.1 Å². The Hall–Kier alpha value is -14.4. The Bertz CT molecular complexity index is 7060. The van der Waals surface area contributed by atoms with E-state index >= 15 is 0 Å². The van der Waals surface area contributed by atoms with Crippen molar-refractivity contribution in [2.75, 3.05) is 0 Å². The summed E-state index contributed by atoms with van der Waals surface area (Å²) in [6, 6.07) is 127. The highest BCUT2D eigenvalue weighted by atomic mass is 19.1. The molecule has 0 unspecified atom stereocenters. The number of rotatable bonds is 28. The summed E-state index contributed by atoms with van der Waals surface area (Å²) in [6.45, 7) is 38.1. The van der Waals surface area contributed by atoms with Gasteiger partial charge < -0.3 is 0 Å². The minimum Gasteiger partial charge on any atom is -0.207 e. The molecule has 0 amide bonds. The van der Waals surface area contributed by atoms with Crippen LogP contribution >= 0.6 is 0 Å². The molecular formula is C142H147F5. The lowest BCUT2D eigenvalue weighted by Crippen LogP contribution is -1.93. The predicted molar refractivity (Wildman–Crippen MR) is 623 cm³/mol. The van der Waals surface area contributed by atoms with E-state index in [2.05, 4.69) is 372 Å². The van der Waals surface area contributed by atoms with Crippen molar-refractivity contribution in [1.29, 1.82) is 0 Å². The molecule has 0 aromatic heterocycles. The van der Waals surface area contributed by atoms with Gasteiger partial charge in [-0.15, -0.1) is 0 Å². The Morgan fingerprint density at radius 2 is 0.327 bits per heavy atom. The molecule has 0 aliphatic heterocycles. The average Bonchev–Trinajstić information content (AvgIpc) is 0.806. The van der Waals surface area contributed by atoms with Gasteiger partial charge in [0.25, 0.3) is 0 Å². The fourth-order valence-corrected chi connectivity index (χ4v) is 19.6. The molecule has 0 atom stereocenters. The average molecular weight is 1950 g/mol. The maximum Gasteiger partial charge on any atom is 0.131 e. The van der Waals surface area contributed by atoms with Crippen molar-refractivity contribution < 1.29 is 22.0 Å². The molecule has 0 N–H and O–H groups in total. The summed E-state index contributed by atoms with van der Waals surface area (Å²) in [5, 5.41) is 0. The zero-order valence-corrected chi connectivity index (χ0v) is 89.9. The second-order valence-corrected chi connectivity index (χ2v) is 40.1. The Kier molecular flexibility index (Phi) is 40.5. The van der Waals surface area contributed by atoms with Crippen molar-refractivity contribution in [3.63, 3.8) is 0 Å². The van der Waals surface area contributed by atoms with Gasteiger partial charge in [0.15, 0.2) is 0 Å². The zero-order chi connectivity index (χ0) is 105. The second kappa shape index (κ2) is 54.2. The summed E-state index contributed by atoms with van der Waals surface area (Å²) >= 11 is 0. The van der Waals surface area contributed by atoms with Crippen LogP contribution in [0.1, 0.15) is 207 Å². The van der Waals surface area contributed by atoms with Gasteiger partial charge in [-0.1, -0.05) is 497 Å². The molecule has 18 rings (SSSR count). The van der Waals surface area contributed by atoms with Crippen LogP contribution in [0, 0.1) is 98.3 Å². The van der Waals surface area contributed by atoms with Crippen LogP contribution in [0.5, 0.6) is 0 Å². The third-order valence-corrected chi connectivity index (χ3v) is 26.9. The van der Waals surface area contributed by atoms with Crippen LogP contribution in [-0.2, 0) is 51.4 Å². The fraction of sp³-hybridized carbons (Fsp3) is 0.239. The normalized spacial score (nSPS) is 10.9. The Morgan fingerprint density at radius 3 is 0.605 bits per heavy atom. The summed E-state index contributed by atoms with van der Waals surface area (Å²) in [5.41, 5.74) is 47.4. The summed E-state index contributed by atoms with van der Waals surface area (Å²) < 4.78 is 71.8. The zero-order valence-electron chi connectivity index (χ0n) is 89.9. The van der Waals surface area contributed by atoms with Gasteiger partial charge in [-0.3, -0.25) is 0 Å². The highest BCUT2D eigenvalue weighted by molar-refractivity contribution is 5.79. The van der Waals surface area contributed by atoms with Crippen LogP contribution < -0.4 is 0 Å². The van der Waals surface area contributed by atoms with E-state index in [4.69, 9.17) is 0 Å². The molecule has 147 heavy (non-hydrogen) atoms. The topological polar surface area (TPSA) is 0 Å². The predicted octanol–water partition coefficient (Wildman–Crippen LogP) is 41.5. The Balaban J connectivity index is 0.000000147. The van der Waals surface area contributed by atoms with Crippen molar-refractivity contribution >= 4 is 0 Å². The minimum absolute atomic E-state index is 0.104. The van der Waals surface area contributed by atoms with Crippen molar-refractivity contribution in [3.05, 3.63) is 499 Å². The molecular weight excluding hydrogens is 1800 g/mol. The van der Waals surface area contributed by atoms with Crippen LogP contribution in [0.15, 0.2) is 370 Å². The van der Waals surface area contributed by atoms with Crippen LogP contribution in [0.2, 0.25) is 0 Å². The fourth-order valence-electron chi connectivity index (χ4n) is 19.6. The molecule has 0 aliphatic rings.